The Hall–Kier alpha value is -1.02. The Morgan fingerprint density at radius 3 is 2.62 bits per heavy atom. The van der Waals surface area contributed by atoms with Crippen molar-refractivity contribution in [2.24, 2.45) is 4.99 Å². The number of fused-ring (bicyclic) bond motifs is 2. The van der Waals surface area contributed by atoms with Gasteiger partial charge in [-0.3, -0.25) is 0 Å². The SMILES string of the molecule is CCNC(=NCCOc1ccc(C(C)C)cc1)NC1CC2CCC1O2.I. The number of nitrogens with one attached hydrogen (secondary N) is 2. The molecule has 2 saturated heterocycles. The van der Waals surface area contributed by atoms with E-state index in [1.807, 2.05) is 12.1 Å². The molecule has 2 aliphatic rings. The van der Waals surface area contributed by atoms with Crippen molar-refractivity contribution in [2.45, 2.75) is 64.2 Å². The van der Waals surface area contributed by atoms with Crippen LogP contribution in [0.25, 0.3) is 0 Å². The maximum absolute atomic E-state index is 5.90. The molecule has 1 aromatic rings. The van der Waals surface area contributed by atoms with E-state index in [0.29, 0.717) is 37.3 Å². The molecule has 2 N–H and O–H groups in total. The van der Waals surface area contributed by atoms with Crippen LogP contribution in [0.2, 0.25) is 0 Å². The summed E-state index contributed by atoms with van der Waals surface area (Å²) < 4.78 is 11.7. The fraction of sp³-hybridized carbons (Fsp3) is 0.650. The summed E-state index contributed by atoms with van der Waals surface area (Å²) in [5.41, 5.74) is 1.33. The normalized spacial score (nSPS) is 24.5. The van der Waals surface area contributed by atoms with Gasteiger partial charge in [0, 0.05) is 6.54 Å². The highest BCUT2D eigenvalue weighted by atomic mass is 127. The summed E-state index contributed by atoms with van der Waals surface area (Å²) in [4.78, 5) is 4.64. The molecular formula is C20H32IN3O2. The standard InChI is InChI=1S/C20H31N3O2.HI/c1-4-21-20(23-18-13-17-9-10-19(18)25-17)22-11-12-24-16-7-5-15(6-8-16)14(2)3;/h5-8,14,17-19H,4,9-13H2,1-3H3,(H2,21,22,23);1H. The molecule has 0 aliphatic carbocycles. The molecule has 0 amide bonds. The van der Waals surface area contributed by atoms with Crippen LogP contribution in [0.15, 0.2) is 29.3 Å². The number of benzene rings is 1. The summed E-state index contributed by atoms with van der Waals surface area (Å²) in [6.07, 6.45) is 4.26. The third-order valence-corrected chi connectivity index (χ3v) is 4.95. The second kappa shape index (κ2) is 10.3. The van der Waals surface area contributed by atoms with Crippen LogP contribution in [-0.4, -0.2) is 43.9 Å². The van der Waals surface area contributed by atoms with E-state index in [1.165, 1.54) is 12.0 Å². The highest BCUT2D eigenvalue weighted by Gasteiger charge is 2.41. The molecular weight excluding hydrogens is 441 g/mol. The Kier molecular flexibility index (Phi) is 8.47. The second-order valence-corrected chi connectivity index (χ2v) is 7.19. The summed E-state index contributed by atoms with van der Waals surface area (Å²) >= 11 is 0. The highest BCUT2D eigenvalue weighted by molar-refractivity contribution is 14.0. The lowest BCUT2D eigenvalue weighted by Crippen LogP contribution is -2.47. The first kappa shape index (κ1) is 21.3. The monoisotopic (exact) mass is 473 g/mol. The zero-order valence-corrected chi connectivity index (χ0v) is 18.4. The summed E-state index contributed by atoms with van der Waals surface area (Å²) in [6, 6.07) is 8.72. The Labute approximate surface area is 174 Å². The number of hydrogen-bond acceptors (Lipinski definition) is 3. The van der Waals surface area contributed by atoms with Crippen LogP contribution in [0.3, 0.4) is 0 Å². The second-order valence-electron chi connectivity index (χ2n) is 7.19. The van der Waals surface area contributed by atoms with Crippen LogP contribution in [0.1, 0.15) is 51.5 Å². The molecule has 0 saturated carbocycles. The number of hydrogen-bond donors (Lipinski definition) is 2. The van der Waals surface area contributed by atoms with Gasteiger partial charge >= 0.3 is 0 Å². The van der Waals surface area contributed by atoms with Crippen molar-refractivity contribution >= 4 is 29.9 Å². The van der Waals surface area contributed by atoms with Crippen LogP contribution in [0, 0.1) is 0 Å². The van der Waals surface area contributed by atoms with Gasteiger partial charge in [-0.1, -0.05) is 26.0 Å². The molecule has 3 atom stereocenters. The fourth-order valence-electron chi connectivity index (χ4n) is 3.56. The average Bonchev–Trinajstić information content (AvgIpc) is 3.22. The van der Waals surface area contributed by atoms with E-state index >= 15 is 0 Å². The lowest BCUT2D eigenvalue weighted by atomic mass is 9.96. The fourth-order valence-corrected chi connectivity index (χ4v) is 3.56. The van der Waals surface area contributed by atoms with E-state index in [-0.39, 0.29) is 24.0 Å². The van der Waals surface area contributed by atoms with Gasteiger partial charge in [-0.15, -0.1) is 24.0 Å². The van der Waals surface area contributed by atoms with E-state index in [0.717, 1.165) is 31.1 Å². The topological polar surface area (TPSA) is 54.9 Å². The predicted octanol–water partition coefficient (Wildman–Crippen LogP) is 3.68. The lowest BCUT2D eigenvalue weighted by molar-refractivity contribution is 0.0992. The highest BCUT2D eigenvalue weighted by Crippen LogP contribution is 2.34. The van der Waals surface area contributed by atoms with E-state index in [2.05, 4.69) is 48.5 Å². The van der Waals surface area contributed by atoms with Crippen molar-refractivity contribution in [1.82, 2.24) is 10.6 Å². The summed E-state index contributed by atoms with van der Waals surface area (Å²) in [5.74, 6) is 2.31. The maximum Gasteiger partial charge on any atom is 0.191 e. The minimum absolute atomic E-state index is 0. The van der Waals surface area contributed by atoms with Gasteiger partial charge in [0.2, 0.25) is 0 Å². The molecule has 2 fully saturated rings. The van der Waals surface area contributed by atoms with Gasteiger partial charge in [0.05, 0.1) is 24.8 Å². The molecule has 0 aromatic heterocycles. The number of guanidine groups is 1. The van der Waals surface area contributed by atoms with Gasteiger partial charge in [0.15, 0.2) is 5.96 Å². The van der Waals surface area contributed by atoms with Crippen molar-refractivity contribution in [2.75, 3.05) is 19.7 Å². The van der Waals surface area contributed by atoms with Gasteiger partial charge in [0.1, 0.15) is 12.4 Å². The molecule has 6 heteroatoms. The van der Waals surface area contributed by atoms with Gasteiger partial charge in [0.25, 0.3) is 0 Å². The molecule has 5 nitrogen and oxygen atoms in total. The molecule has 2 bridgehead atoms. The van der Waals surface area contributed by atoms with Crippen LogP contribution in [-0.2, 0) is 4.74 Å². The van der Waals surface area contributed by atoms with Crippen LogP contribution >= 0.6 is 24.0 Å². The third kappa shape index (κ3) is 5.74. The minimum atomic E-state index is 0. The lowest BCUT2D eigenvalue weighted by Gasteiger charge is -2.22. The Bertz CT molecular complexity index is 577. The van der Waals surface area contributed by atoms with Gasteiger partial charge in [-0.25, -0.2) is 4.99 Å². The first-order valence-corrected chi connectivity index (χ1v) is 9.58. The molecule has 146 valence electrons. The predicted molar refractivity (Wildman–Crippen MR) is 117 cm³/mol. The first-order valence-electron chi connectivity index (χ1n) is 9.58. The molecule has 3 rings (SSSR count). The van der Waals surface area contributed by atoms with Crippen molar-refractivity contribution < 1.29 is 9.47 Å². The number of nitrogens with zero attached hydrogens (tertiary/aromatic N) is 1. The molecule has 1 aromatic carbocycles. The number of rotatable bonds is 7. The van der Waals surface area contributed by atoms with Crippen molar-refractivity contribution in [3.63, 3.8) is 0 Å². The van der Waals surface area contributed by atoms with Gasteiger partial charge in [-0.05, 0) is 49.8 Å². The molecule has 26 heavy (non-hydrogen) atoms. The largest absolute Gasteiger partial charge is 0.492 e. The molecule has 2 aliphatic heterocycles. The molecule has 0 radical (unpaired) electrons. The number of ether oxygens (including phenoxy) is 2. The quantitative estimate of drug-likeness (QED) is 0.275. The summed E-state index contributed by atoms with van der Waals surface area (Å²) in [6.45, 7) is 8.53. The van der Waals surface area contributed by atoms with E-state index in [9.17, 15) is 0 Å². The van der Waals surface area contributed by atoms with E-state index in [1.54, 1.807) is 0 Å². The Balaban J connectivity index is 0.00000243. The van der Waals surface area contributed by atoms with Crippen LogP contribution in [0.4, 0.5) is 0 Å². The zero-order chi connectivity index (χ0) is 17.6. The van der Waals surface area contributed by atoms with Gasteiger partial charge < -0.3 is 20.1 Å². The first-order chi connectivity index (χ1) is 12.2. The number of aliphatic imine (C=N–C) groups is 1. The van der Waals surface area contributed by atoms with Crippen molar-refractivity contribution in [3.8, 4) is 5.75 Å². The van der Waals surface area contributed by atoms with Crippen molar-refractivity contribution in [1.29, 1.82) is 0 Å². The Morgan fingerprint density at radius 1 is 1.27 bits per heavy atom. The van der Waals surface area contributed by atoms with Crippen LogP contribution < -0.4 is 15.4 Å². The summed E-state index contributed by atoms with van der Waals surface area (Å²) in [7, 11) is 0. The van der Waals surface area contributed by atoms with E-state index < -0.39 is 0 Å². The summed E-state index contributed by atoms with van der Waals surface area (Å²) in [5, 5.41) is 6.84. The molecule has 2 heterocycles. The van der Waals surface area contributed by atoms with E-state index in [4.69, 9.17) is 9.47 Å². The van der Waals surface area contributed by atoms with Gasteiger partial charge in [-0.2, -0.15) is 0 Å². The average molecular weight is 473 g/mol. The third-order valence-electron chi connectivity index (χ3n) is 4.95. The van der Waals surface area contributed by atoms with Crippen LogP contribution in [0.5, 0.6) is 5.75 Å². The number of halogens is 1. The van der Waals surface area contributed by atoms with Crippen molar-refractivity contribution in [3.05, 3.63) is 29.8 Å². The maximum atomic E-state index is 5.90. The smallest absolute Gasteiger partial charge is 0.191 e. The Morgan fingerprint density at radius 2 is 2.04 bits per heavy atom. The minimum Gasteiger partial charge on any atom is -0.492 e. The zero-order valence-electron chi connectivity index (χ0n) is 16.0. The molecule has 0 spiro atoms. The molecule has 3 unspecified atom stereocenters.